The molecule has 3 rings (SSSR count). The summed E-state index contributed by atoms with van der Waals surface area (Å²) in [4.78, 5) is 24.3. The van der Waals surface area contributed by atoms with Gasteiger partial charge in [0.15, 0.2) is 11.5 Å². The van der Waals surface area contributed by atoms with Crippen molar-refractivity contribution in [2.24, 2.45) is 0 Å². The van der Waals surface area contributed by atoms with E-state index in [1.54, 1.807) is 12.1 Å². The molecule has 0 bridgehead atoms. The molecule has 2 aromatic rings. The molecule has 6 nitrogen and oxygen atoms in total. The molecule has 0 amide bonds. The molecule has 1 heterocycles. The molecule has 0 aromatic heterocycles. The van der Waals surface area contributed by atoms with E-state index in [0.29, 0.717) is 28.1 Å². The van der Waals surface area contributed by atoms with E-state index < -0.39 is 17.7 Å². The number of benzene rings is 2. The number of ether oxygens (including phenoxy) is 4. The van der Waals surface area contributed by atoms with Crippen LogP contribution in [0.5, 0.6) is 11.5 Å². The molecule has 1 aliphatic rings. The van der Waals surface area contributed by atoms with Crippen molar-refractivity contribution in [2.75, 3.05) is 7.11 Å². The molecule has 0 unspecified atom stereocenters. The van der Waals surface area contributed by atoms with Crippen molar-refractivity contribution >= 4 is 33.9 Å². The number of esters is 2. The predicted octanol–water partition coefficient (Wildman–Crippen LogP) is 4.26. The highest BCUT2D eigenvalue weighted by Crippen LogP contribution is 2.38. The van der Waals surface area contributed by atoms with Crippen LogP contribution in [0, 0.1) is 0 Å². The number of hydrogen-bond acceptors (Lipinski definition) is 6. The largest absolute Gasteiger partial charge is 0.493 e. The Hall–Kier alpha value is -2.80. The van der Waals surface area contributed by atoms with Gasteiger partial charge in [0.1, 0.15) is 12.2 Å². The van der Waals surface area contributed by atoms with Crippen LogP contribution in [0.3, 0.4) is 0 Å². The third-order valence-corrected chi connectivity index (χ3v) is 4.49. The van der Waals surface area contributed by atoms with Gasteiger partial charge in [-0.2, -0.15) is 0 Å². The molecular formula is C21H19BrO6. The fourth-order valence-corrected chi connectivity index (χ4v) is 3.21. The lowest BCUT2D eigenvalue weighted by molar-refractivity contribution is -0.222. The monoisotopic (exact) mass is 446 g/mol. The second kappa shape index (κ2) is 8.06. The molecule has 0 aliphatic carbocycles. The second-order valence-electron chi connectivity index (χ2n) is 6.55. The normalized spacial score (nSPS) is 15.5. The van der Waals surface area contributed by atoms with Crippen LogP contribution in [-0.2, 0) is 25.7 Å². The summed E-state index contributed by atoms with van der Waals surface area (Å²) in [6.07, 6.45) is 1.40. The summed E-state index contributed by atoms with van der Waals surface area (Å²) in [5.41, 5.74) is 1.38. The van der Waals surface area contributed by atoms with Gasteiger partial charge in [-0.05, 0) is 45.3 Å². The Balaban J connectivity index is 1.87. The lowest BCUT2D eigenvalue weighted by Gasteiger charge is -2.29. The van der Waals surface area contributed by atoms with Crippen LogP contribution in [0.2, 0.25) is 0 Å². The Bertz CT molecular complexity index is 911. The second-order valence-corrected chi connectivity index (χ2v) is 7.40. The van der Waals surface area contributed by atoms with Crippen LogP contribution in [-0.4, -0.2) is 24.8 Å². The van der Waals surface area contributed by atoms with E-state index in [-0.39, 0.29) is 5.57 Å². The van der Waals surface area contributed by atoms with Crippen LogP contribution in [0.15, 0.2) is 52.5 Å². The van der Waals surface area contributed by atoms with E-state index in [0.717, 1.165) is 5.56 Å². The summed E-state index contributed by atoms with van der Waals surface area (Å²) in [5.74, 6) is -1.78. The van der Waals surface area contributed by atoms with Crippen molar-refractivity contribution in [3.8, 4) is 11.5 Å². The van der Waals surface area contributed by atoms with Crippen molar-refractivity contribution < 1.29 is 28.5 Å². The summed E-state index contributed by atoms with van der Waals surface area (Å²) >= 11 is 3.46. The number of halogens is 1. The number of rotatable bonds is 5. The van der Waals surface area contributed by atoms with Gasteiger partial charge in [0.05, 0.1) is 11.6 Å². The third-order valence-electron chi connectivity index (χ3n) is 3.91. The summed E-state index contributed by atoms with van der Waals surface area (Å²) < 4.78 is 22.1. The zero-order chi connectivity index (χ0) is 20.3. The first-order chi connectivity index (χ1) is 13.3. The minimum Gasteiger partial charge on any atom is -0.493 e. The van der Waals surface area contributed by atoms with Gasteiger partial charge in [-0.25, -0.2) is 9.59 Å². The van der Waals surface area contributed by atoms with E-state index in [9.17, 15) is 9.59 Å². The van der Waals surface area contributed by atoms with Gasteiger partial charge in [0.25, 0.3) is 5.79 Å². The van der Waals surface area contributed by atoms with Gasteiger partial charge in [-0.15, -0.1) is 0 Å². The van der Waals surface area contributed by atoms with E-state index in [1.807, 2.05) is 30.3 Å². The Morgan fingerprint density at radius 1 is 1.07 bits per heavy atom. The predicted molar refractivity (Wildman–Crippen MR) is 106 cm³/mol. The molecule has 28 heavy (non-hydrogen) atoms. The van der Waals surface area contributed by atoms with Crippen molar-refractivity contribution in [1.29, 1.82) is 0 Å². The lowest BCUT2D eigenvalue weighted by atomic mass is 10.1. The molecular weight excluding hydrogens is 428 g/mol. The van der Waals surface area contributed by atoms with Crippen molar-refractivity contribution in [3.63, 3.8) is 0 Å². The molecule has 0 radical (unpaired) electrons. The minimum atomic E-state index is -1.28. The standard InChI is InChI=1S/C21H19BrO6/c1-21(2)27-19(23)15(20(24)28-21)9-14-10-16(22)18(17(11-14)25-3)26-12-13-7-5-4-6-8-13/h4-11H,12H2,1-3H3. The Morgan fingerprint density at radius 3 is 2.32 bits per heavy atom. The van der Waals surface area contributed by atoms with Crippen LogP contribution in [0.1, 0.15) is 25.0 Å². The highest BCUT2D eigenvalue weighted by Gasteiger charge is 2.38. The molecule has 0 N–H and O–H groups in total. The zero-order valence-electron chi connectivity index (χ0n) is 15.7. The number of carbonyl (C=O) groups is 2. The minimum absolute atomic E-state index is 0.189. The summed E-state index contributed by atoms with van der Waals surface area (Å²) in [5, 5.41) is 0. The highest BCUT2D eigenvalue weighted by atomic mass is 79.9. The maximum absolute atomic E-state index is 12.1. The first-order valence-corrected chi connectivity index (χ1v) is 9.31. The van der Waals surface area contributed by atoms with Gasteiger partial charge in [-0.1, -0.05) is 30.3 Å². The average molecular weight is 447 g/mol. The molecule has 1 aliphatic heterocycles. The number of cyclic esters (lactones) is 2. The van der Waals surface area contributed by atoms with Gasteiger partial charge in [0.2, 0.25) is 0 Å². The molecule has 0 saturated carbocycles. The maximum atomic E-state index is 12.1. The Labute approximate surface area is 171 Å². The average Bonchev–Trinajstić information content (AvgIpc) is 2.63. The van der Waals surface area contributed by atoms with Gasteiger partial charge < -0.3 is 18.9 Å². The van der Waals surface area contributed by atoms with Gasteiger partial charge in [-0.3, -0.25) is 0 Å². The first kappa shape index (κ1) is 19.9. The lowest BCUT2D eigenvalue weighted by Crippen LogP contribution is -2.41. The van der Waals surface area contributed by atoms with Gasteiger partial charge >= 0.3 is 11.9 Å². The first-order valence-electron chi connectivity index (χ1n) is 8.52. The molecule has 146 valence electrons. The molecule has 0 atom stereocenters. The molecule has 1 saturated heterocycles. The van der Waals surface area contributed by atoms with Crippen molar-refractivity contribution in [1.82, 2.24) is 0 Å². The highest BCUT2D eigenvalue weighted by molar-refractivity contribution is 9.10. The molecule has 1 fully saturated rings. The van der Waals surface area contributed by atoms with Crippen molar-refractivity contribution in [3.05, 3.63) is 63.6 Å². The topological polar surface area (TPSA) is 71.1 Å². The van der Waals surface area contributed by atoms with E-state index in [2.05, 4.69) is 15.9 Å². The van der Waals surface area contributed by atoms with E-state index in [1.165, 1.54) is 27.0 Å². The summed E-state index contributed by atoms with van der Waals surface area (Å²) in [6.45, 7) is 3.36. The SMILES string of the molecule is COc1cc(C=C2C(=O)OC(C)(C)OC2=O)cc(Br)c1OCc1ccccc1. The fraction of sp³-hybridized carbons (Fsp3) is 0.238. The maximum Gasteiger partial charge on any atom is 0.348 e. The number of carbonyl (C=O) groups excluding carboxylic acids is 2. The van der Waals surface area contributed by atoms with E-state index >= 15 is 0 Å². The smallest absolute Gasteiger partial charge is 0.348 e. The van der Waals surface area contributed by atoms with E-state index in [4.69, 9.17) is 18.9 Å². The quantitative estimate of drug-likeness (QED) is 0.388. The molecule has 7 heteroatoms. The molecule has 2 aromatic carbocycles. The van der Waals surface area contributed by atoms with Crippen LogP contribution < -0.4 is 9.47 Å². The van der Waals surface area contributed by atoms with Crippen molar-refractivity contribution in [2.45, 2.75) is 26.2 Å². The number of hydrogen-bond donors (Lipinski definition) is 0. The fourth-order valence-electron chi connectivity index (χ4n) is 2.64. The van der Waals surface area contributed by atoms with Crippen LogP contribution >= 0.6 is 15.9 Å². The Morgan fingerprint density at radius 2 is 1.71 bits per heavy atom. The van der Waals surface area contributed by atoms with Gasteiger partial charge in [0, 0.05) is 13.8 Å². The van der Waals surface area contributed by atoms with Crippen LogP contribution in [0.25, 0.3) is 6.08 Å². The molecule has 0 spiro atoms. The summed E-state index contributed by atoms with van der Waals surface area (Å²) in [7, 11) is 1.51. The summed E-state index contributed by atoms with van der Waals surface area (Å²) in [6, 6.07) is 13.1. The van der Waals surface area contributed by atoms with Crippen LogP contribution in [0.4, 0.5) is 0 Å². The zero-order valence-corrected chi connectivity index (χ0v) is 17.2. The number of methoxy groups -OCH3 is 1. The Kier molecular flexibility index (Phi) is 5.74. The third kappa shape index (κ3) is 4.54.